The van der Waals surface area contributed by atoms with Crippen molar-refractivity contribution in [1.29, 1.82) is 0 Å². The average Bonchev–Trinajstić information content (AvgIpc) is 2.91. The van der Waals surface area contributed by atoms with Gasteiger partial charge in [0, 0.05) is 4.88 Å². The molecule has 0 aliphatic rings. The molecule has 0 aliphatic carbocycles. The molecule has 2 aromatic heterocycles. The molecule has 3 aromatic rings. The lowest BCUT2D eigenvalue weighted by Gasteiger charge is -2.11. The number of halogens is 1. The third-order valence-electron chi connectivity index (χ3n) is 2.94. The van der Waals surface area contributed by atoms with Crippen molar-refractivity contribution in [3.05, 3.63) is 35.7 Å². The van der Waals surface area contributed by atoms with E-state index in [1.54, 1.807) is 14.2 Å². The largest absolute Gasteiger partial charge is 0.496 e. The van der Waals surface area contributed by atoms with Gasteiger partial charge in [-0.25, -0.2) is 9.97 Å². The Labute approximate surface area is 125 Å². The number of aromatic nitrogens is 2. The highest BCUT2D eigenvalue weighted by molar-refractivity contribution is 7.22. The van der Waals surface area contributed by atoms with Gasteiger partial charge in [-0.1, -0.05) is 17.7 Å². The van der Waals surface area contributed by atoms with Crippen LogP contribution >= 0.6 is 22.9 Å². The van der Waals surface area contributed by atoms with Crippen molar-refractivity contribution >= 4 is 33.2 Å². The maximum Gasteiger partial charge on any atom is 0.150 e. The van der Waals surface area contributed by atoms with E-state index in [1.165, 1.54) is 17.7 Å². The van der Waals surface area contributed by atoms with E-state index >= 15 is 0 Å². The molecule has 2 heterocycles. The van der Waals surface area contributed by atoms with E-state index in [1.807, 2.05) is 24.3 Å². The summed E-state index contributed by atoms with van der Waals surface area (Å²) in [7, 11) is 3.27. The van der Waals surface area contributed by atoms with E-state index in [9.17, 15) is 0 Å². The Morgan fingerprint density at radius 2 is 1.80 bits per heavy atom. The highest BCUT2D eigenvalue weighted by atomic mass is 35.5. The van der Waals surface area contributed by atoms with E-state index in [-0.39, 0.29) is 0 Å². The Morgan fingerprint density at radius 3 is 2.40 bits per heavy atom. The van der Waals surface area contributed by atoms with Crippen LogP contribution in [-0.4, -0.2) is 24.2 Å². The summed E-state index contributed by atoms with van der Waals surface area (Å²) in [5.41, 5.74) is 1.72. The summed E-state index contributed by atoms with van der Waals surface area (Å²) in [6, 6.07) is 7.65. The Morgan fingerprint density at radius 1 is 1.10 bits per heavy atom. The summed E-state index contributed by atoms with van der Waals surface area (Å²) in [5.74, 6) is 1.50. The predicted octanol–water partition coefficient (Wildman–Crippen LogP) is 4.03. The smallest absolute Gasteiger partial charge is 0.150 e. The van der Waals surface area contributed by atoms with E-state index in [4.69, 9.17) is 21.1 Å². The lowest BCUT2D eigenvalue weighted by atomic mass is 10.1. The number of thiophene rings is 1. The maximum absolute atomic E-state index is 6.10. The Kier molecular flexibility index (Phi) is 3.46. The molecule has 0 aliphatic heterocycles. The fraction of sp³-hybridized carbons (Fsp3) is 0.143. The fourth-order valence-electron chi connectivity index (χ4n) is 2.04. The van der Waals surface area contributed by atoms with Crippen LogP contribution in [0.25, 0.3) is 20.7 Å². The number of benzene rings is 1. The molecule has 20 heavy (non-hydrogen) atoms. The maximum atomic E-state index is 6.10. The van der Waals surface area contributed by atoms with Crippen LogP contribution in [0.2, 0.25) is 5.15 Å². The molecule has 0 radical (unpaired) electrons. The summed E-state index contributed by atoms with van der Waals surface area (Å²) in [6.45, 7) is 0. The van der Waals surface area contributed by atoms with E-state index < -0.39 is 0 Å². The van der Waals surface area contributed by atoms with Crippen LogP contribution < -0.4 is 9.47 Å². The zero-order valence-electron chi connectivity index (χ0n) is 10.9. The molecule has 6 heteroatoms. The molecule has 0 saturated carbocycles. The zero-order chi connectivity index (χ0) is 14.1. The third-order valence-corrected chi connectivity index (χ3v) is 4.49. The van der Waals surface area contributed by atoms with Crippen molar-refractivity contribution in [3.8, 4) is 21.9 Å². The molecular weight excluding hydrogens is 296 g/mol. The molecule has 3 rings (SSSR count). The number of fused-ring (bicyclic) bond motifs is 1. The molecule has 0 amide bonds. The third kappa shape index (κ3) is 2.09. The SMILES string of the molecule is COc1cccc(OC)c1-c1cc2ncnc(Cl)c2s1. The molecule has 0 bridgehead atoms. The number of methoxy groups -OCH3 is 2. The van der Waals surface area contributed by atoms with Gasteiger partial charge in [0.1, 0.15) is 23.0 Å². The van der Waals surface area contributed by atoms with Gasteiger partial charge in [0.25, 0.3) is 0 Å². The summed E-state index contributed by atoms with van der Waals surface area (Å²) in [6.07, 6.45) is 1.46. The average molecular weight is 307 g/mol. The first-order valence-electron chi connectivity index (χ1n) is 5.86. The van der Waals surface area contributed by atoms with Gasteiger partial charge in [-0.2, -0.15) is 0 Å². The van der Waals surface area contributed by atoms with Crippen LogP contribution in [0.5, 0.6) is 11.5 Å². The molecule has 0 spiro atoms. The first-order valence-corrected chi connectivity index (χ1v) is 7.05. The topological polar surface area (TPSA) is 44.2 Å². The minimum atomic E-state index is 0.458. The van der Waals surface area contributed by atoms with Gasteiger partial charge in [-0.05, 0) is 18.2 Å². The first-order chi connectivity index (χ1) is 9.74. The zero-order valence-corrected chi connectivity index (χ0v) is 12.5. The second kappa shape index (κ2) is 5.26. The van der Waals surface area contributed by atoms with E-state index in [0.717, 1.165) is 32.2 Å². The minimum Gasteiger partial charge on any atom is -0.496 e. The number of hydrogen-bond donors (Lipinski definition) is 0. The Hall–Kier alpha value is -1.85. The van der Waals surface area contributed by atoms with Crippen LogP contribution in [0.1, 0.15) is 0 Å². The molecule has 0 unspecified atom stereocenters. The van der Waals surface area contributed by atoms with Crippen LogP contribution in [0.4, 0.5) is 0 Å². The van der Waals surface area contributed by atoms with Crippen molar-refractivity contribution in [2.75, 3.05) is 14.2 Å². The van der Waals surface area contributed by atoms with Crippen molar-refractivity contribution < 1.29 is 9.47 Å². The van der Waals surface area contributed by atoms with Gasteiger partial charge in [-0.3, -0.25) is 0 Å². The van der Waals surface area contributed by atoms with Gasteiger partial charge < -0.3 is 9.47 Å². The molecule has 4 nitrogen and oxygen atoms in total. The summed E-state index contributed by atoms with van der Waals surface area (Å²) >= 11 is 7.62. The van der Waals surface area contributed by atoms with Crippen molar-refractivity contribution in [3.63, 3.8) is 0 Å². The summed E-state index contributed by atoms with van der Waals surface area (Å²) < 4.78 is 11.7. The number of nitrogens with zero attached hydrogens (tertiary/aromatic N) is 2. The Balaban J connectivity index is 2.27. The van der Waals surface area contributed by atoms with Gasteiger partial charge in [0.2, 0.25) is 0 Å². The highest BCUT2D eigenvalue weighted by Gasteiger charge is 2.16. The normalized spacial score (nSPS) is 10.8. The van der Waals surface area contributed by atoms with Gasteiger partial charge >= 0.3 is 0 Å². The minimum absolute atomic E-state index is 0.458. The van der Waals surface area contributed by atoms with E-state index in [2.05, 4.69) is 9.97 Å². The molecule has 0 N–H and O–H groups in total. The molecule has 0 saturated heterocycles. The van der Waals surface area contributed by atoms with Gasteiger partial charge in [0.05, 0.1) is 30.0 Å². The fourth-order valence-corrected chi connectivity index (χ4v) is 3.35. The lowest BCUT2D eigenvalue weighted by molar-refractivity contribution is 0.397. The molecule has 0 fully saturated rings. The van der Waals surface area contributed by atoms with Crippen LogP contribution in [0.3, 0.4) is 0 Å². The standard InChI is InChI=1S/C14H11ClN2O2S/c1-18-9-4-3-5-10(19-2)12(9)11-6-8-13(20-11)14(15)17-7-16-8/h3-7H,1-2H3. The van der Waals surface area contributed by atoms with Crippen LogP contribution in [0, 0.1) is 0 Å². The molecule has 102 valence electrons. The summed E-state index contributed by atoms with van der Waals surface area (Å²) in [4.78, 5) is 9.22. The van der Waals surface area contributed by atoms with E-state index in [0.29, 0.717) is 5.15 Å². The molecular formula is C14H11ClN2O2S. The van der Waals surface area contributed by atoms with Gasteiger partial charge in [0.15, 0.2) is 0 Å². The number of hydrogen-bond acceptors (Lipinski definition) is 5. The quantitative estimate of drug-likeness (QED) is 0.685. The van der Waals surface area contributed by atoms with Crippen LogP contribution in [-0.2, 0) is 0 Å². The molecule has 0 atom stereocenters. The second-order valence-electron chi connectivity index (χ2n) is 4.03. The predicted molar refractivity (Wildman–Crippen MR) is 81.0 cm³/mol. The van der Waals surface area contributed by atoms with Crippen molar-refractivity contribution in [1.82, 2.24) is 9.97 Å². The summed E-state index contributed by atoms with van der Waals surface area (Å²) in [5, 5.41) is 0.458. The molecule has 1 aromatic carbocycles. The monoisotopic (exact) mass is 306 g/mol. The first kappa shape index (κ1) is 13.1. The lowest BCUT2D eigenvalue weighted by Crippen LogP contribution is -1.91. The van der Waals surface area contributed by atoms with Gasteiger partial charge in [-0.15, -0.1) is 11.3 Å². The number of rotatable bonds is 3. The van der Waals surface area contributed by atoms with Crippen molar-refractivity contribution in [2.45, 2.75) is 0 Å². The highest BCUT2D eigenvalue weighted by Crippen LogP contribution is 2.44. The second-order valence-corrected chi connectivity index (χ2v) is 5.44. The van der Waals surface area contributed by atoms with Crippen LogP contribution in [0.15, 0.2) is 30.6 Å². The van der Waals surface area contributed by atoms with Crippen molar-refractivity contribution in [2.24, 2.45) is 0 Å². The Bertz CT molecular complexity index is 751. The number of ether oxygens (including phenoxy) is 2.